The van der Waals surface area contributed by atoms with Crippen LogP contribution in [0.3, 0.4) is 0 Å². The van der Waals surface area contributed by atoms with E-state index in [1.165, 1.54) is 24.5 Å². The number of anilines is 1. The predicted octanol–water partition coefficient (Wildman–Crippen LogP) is 5.49. The fraction of sp³-hybridized carbons (Fsp3) is 0.321. The number of urea groups is 1. The topological polar surface area (TPSA) is 152 Å². The van der Waals surface area contributed by atoms with Crippen molar-refractivity contribution in [3.8, 4) is 21.7 Å². The van der Waals surface area contributed by atoms with Crippen molar-refractivity contribution in [1.82, 2.24) is 19.9 Å². The zero-order chi connectivity index (χ0) is 30.2. The predicted molar refractivity (Wildman–Crippen MR) is 153 cm³/mol. The van der Waals surface area contributed by atoms with E-state index >= 15 is 0 Å². The molecule has 2 atom stereocenters. The van der Waals surface area contributed by atoms with Crippen LogP contribution in [0.2, 0.25) is 0 Å². The fourth-order valence-electron chi connectivity index (χ4n) is 5.21. The molecule has 42 heavy (non-hydrogen) atoms. The third-order valence-corrected chi connectivity index (χ3v) is 8.10. The number of nitrogens with two attached hydrogens (primary N) is 1. The smallest absolute Gasteiger partial charge is 0.434 e. The van der Waals surface area contributed by atoms with Crippen molar-refractivity contribution >= 4 is 40.1 Å². The van der Waals surface area contributed by atoms with E-state index in [9.17, 15) is 32.7 Å². The number of carboxylic acids is 1. The van der Waals surface area contributed by atoms with Gasteiger partial charge in [-0.15, -0.1) is 11.3 Å². The minimum Gasteiger partial charge on any atom is -0.477 e. The molecule has 0 spiro atoms. The van der Waals surface area contributed by atoms with Gasteiger partial charge < -0.3 is 20.7 Å². The molecular weight excluding hydrogens is 573 g/mol. The summed E-state index contributed by atoms with van der Waals surface area (Å²) >= 11 is 0.766. The normalized spacial score (nSPS) is 17.3. The maximum absolute atomic E-state index is 13.4. The van der Waals surface area contributed by atoms with Crippen LogP contribution in [-0.4, -0.2) is 44.2 Å². The molecule has 220 valence electrons. The summed E-state index contributed by atoms with van der Waals surface area (Å²) in [4.78, 5) is 45.5. The maximum Gasteiger partial charge on any atom is 0.434 e. The Labute approximate surface area is 241 Å². The highest BCUT2D eigenvalue weighted by Gasteiger charge is 2.34. The highest BCUT2D eigenvalue weighted by molar-refractivity contribution is 7.13. The summed E-state index contributed by atoms with van der Waals surface area (Å²) in [5.74, 6) is -1.30. The van der Waals surface area contributed by atoms with Crippen LogP contribution in [-0.2, 0) is 6.18 Å². The van der Waals surface area contributed by atoms with Crippen LogP contribution in [0.5, 0.6) is 0 Å². The number of hydrogen-bond acceptors (Lipinski definition) is 7. The molecule has 3 heterocycles. The zero-order valence-corrected chi connectivity index (χ0v) is 23.2. The van der Waals surface area contributed by atoms with Gasteiger partial charge in [0.1, 0.15) is 16.4 Å². The van der Waals surface area contributed by atoms with Crippen molar-refractivity contribution in [3.63, 3.8) is 0 Å². The number of alkyl halides is 3. The van der Waals surface area contributed by atoms with E-state index in [2.05, 4.69) is 20.6 Å². The number of halogens is 3. The van der Waals surface area contributed by atoms with Crippen LogP contribution in [0.25, 0.3) is 32.6 Å². The minimum atomic E-state index is -4.66. The minimum absolute atomic E-state index is 0.0173. The second-order valence-electron chi connectivity index (χ2n) is 9.97. The number of aromatic nitrogens is 3. The summed E-state index contributed by atoms with van der Waals surface area (Å²) in [6.45, 7) is 2.07. The number of benzene rings is 1. The van der Waals surface area contributed by atoms with Crippen LogP contribution >= 0.6 is 11.3 Å². The van der Waals surface area contributed by atoms with Gasteiger partial charge in [-0.25, -0.2) is 19.6 Å². The first kappa shape index (κ1) is 29.2. The number of pyridine rings is 2. The van der Waals surface area contributed by atoms with Crippen molar-refractivity contribution in [3.05, 3.63) is 63.5 Å². The number of thiazole rings is 1. The van der Waals surface area contributed by atoms with Gasteiger partial charge in [0, 0.05) is 52.9 Å². The molecule has 0 aliphatic heterocycles. The van der Waals surface area contributed by atoms with E-state index in [0.29, 0.717) is 23.2 Å². The lowest BCUT2D eigenvalue weighted by Crippen LogP contribution is -2.36. The standard InChI is InChI=1S/C28H27F3N6O4S/c1-2-33-27(41)36-23-10-15(25-35-22(13-42-25)28(29,30)31)17(11-34-23)14-7-8-20-16(9-14)24(38)18(26(39)40)12-37(20)21-6-4-3-5-19(21)32/h7-13,19,21H,2-6,32H2,1H3,(H,39,40)(H2,33,34,36,41)/t19-,21-/m0/s1. The third kappa shape index (κ3) is 5.72. The van der Waals surface area contributed by atoms with Gasteiger partial charge in [-0.2, -0.15) is 13.2 Å². The summed E-state index contributed by atoms with van der Waals surface area (Å²) in [7, 11) is 0. The molecule has 0 saturated heterocycles. The van der Waals surface area contributed by atoms with Crippen LogP contribution in [0.4, 0.5) is 23.8 Å². The molecular formula is C28H27F3N6O4S. The van der Waals surface area contributed by atoms with E-state index in [1.807, 2.05) is 0 Å². The molecule has 0 radical (unpaired) electrons. The molecule has 3 aromatic heterocycles. The van der Waals surface area contributed by atoms with Crippen molar-refractivity contribution in [2.24, 2.45) is 5.73 Å². The van der Waals surface area contributed by atoms with Crippen LogP contribution in [0, 0.1) is 0 Å². The summed E-state index contributed by atoms with van der Waals surface area (Å²) in [6, 6.07) is 5.28. The average molecular weight is 601 g/mol. The molecule has 1 aromatic carbocycles. The molecule has 5 rings (SSSR count). The molecule has 1 fully saturated rings. The van der Waals surface area contributed by atoms with Gasteiger partial charge in [-0.3, -0.25) is 10.1 Å². The fourth-order valence-corrected chi connectivity index (χ4v) is 6.07. The summed E-state index contributed by atoms with van der Waals surface area (Å²) < 4.78 is 41.9. The van der Waals surface area contributed by atoms with Crippen molar-refractivity contribution < 1.29 is 27.9 Å². The van der Waals surface area contributed by atoms with Crippen molar-refractivity contribution in [1.29, 1.82) is 0 Å². The number of carbonyl (C=O) groups is 2. The van der Waals surface area contributed by atoms with Gasteiger partial charge in [-0.1, -0.05) is 18.9 Å². The Kier molecular flexibility index (Phi) is 8.01. The Balaban J connectivity index is 1.69. The molecule has 1 aliphatic carbocycles. The van der Waals surface area contributed by atoms with Gasteiger partial charge in [0.15, 0.2) is 5.69 Å². The SMILES string of the molecule is CCNC(=O)Nc1cc(-c2nc(C(F)(F)F)cs2)c(-c2ccc3c(c2)c(=O)c(C(=O)O)cn3[C@H]2CCCC[C@@H]2N)cn1. The summed E-state index contributed by atoms with van der Waals surface area (Å²) in [5.41, 5.74) is 5.69. The summed E-state index contributed by atoms with van der Waals surface area (Å²) in [6.07, 6.45) is 1.39. The average Bonchev–Trinajstić information content (AvgIpc) is 3.45. The second kappa shape index (κ2) is 11.5. The van der Waals surface area contributed by atoms with E-state index in [1.54, 1.807) is 23.6 Å². The van der Waals surface area contributed by atoms with E-state index in [-0.39, 0.29) is 33.9 Å². The first-order chi connectivity index (χ1) is 20.0. The number of carboxylic acid groups (broad SMARTS) is 1. The quantitative estimate of drug-likeness (QED) is 0.228. The molecule has 1 saturated carbocycles. The monoisotopic (exact) mass is 600 g/mol. The van der Waals surface area contributed by atoms with Crippen molar-refractivity contribution in [2.45, 2.75) is 50.9 Å². The number of amides is 2. The molecule has 14 heteroatoms. The second-order valence-corrected chi connectivity index (χ2v) is 10.8. The highest BCUT2D eigenvalue weighted by Crippen LogP contribution is 2.39. The number of hydrogen-bond donors (Lipinski definition) is 4. The Morgan fingerprint density at radius 1 is 1.19 bits per heavy atom. The number of rotatable bonds is 6. The van der Waals surface area contributed by atoms with Crippen molar-refractivity contribution in [2.75, 3.05) is 11.9 Å². The molecule has 5 N–H and O–H groups in total. The third-order valence-electron chi connectivity index (χ3n) is 7.22. The van der Waals surface area contributed by atoms with Crippen LogP contribution < -0.4 is 21.8 Å². The van der Waals surface area contributed by atoms with Gasteiger partial charge >= 0.3 is 18.2 Å². The molecule has 1 aliphatic rings. The van der Waals surface area contributed by atoms with Gasteiger partial charge in [0.2, 0.25) is 5.43 Å². The van der Waals surface area contributed by atoms with Gasteiger partial charge in [0.05, 0.1) is 5.52 Å². The molecule has 10 nitrogen and oxygen atoms in total. The lowest BCUT2D eigenvalue weighted by atomic mass is 9.90. The Morgan fingerprint density at radius 2 is 1.95 bits per heavy atom. The van der Waals surface area contributed by atoms with Crippen LogP contribution in [0.1, 0.15) is 54.7 Å². The number of aromatic carboxylic acids is 1. The van der Waals surface area contributed by atoms with Crippen LogP contribution in [0.15, 0.2) is 46.8 Å². The first-order valence-electron chi connectivity index (χ1n) is 13.2. The number of fused-ring (bicyclic) bond motifs is 1. The molecule has 4 aromatic rings. The molecule has 0 bridgehead atoms. The number of nitrogens with zero attached hydrogens (tertiary/aromatic N) is 3. The van der Waals surface area contributed by atoms with E-state index < -0.39 is 34.9 Å². The highest BCUT2D eigenvalue weighted by atomic mass is 32.1. The Hall–Kier alpha value is -4.30. The molecule has 0 unspecified atom stereocenters. The lowest BCUT2D eigenvalue weighted by Gasteiger charge is -2.32. The summed E-state index contributed by atoms with van der Waals surface area (Å²) in [5, 5.41) is 15.9. The Bertz CT molecular complexity index is 1740. The first-order valence-corrected chi connectivity index (χ1v) is 14.1. The van der Waals surface area contributed by atoms with Gasteiger partial charge in [0.25, 0.3) is 0 Å². The number of nitrogens with one attached hydrogen (secondary N) is 2. The van der Waals surface area contributed by atoms with Gasteiger partial charge in [-0.05, 0) is 43.5 Å². The van der Waals surface area contributed by atoms with E-state index in [4.69, 9.17) is 5.73 Å². The largest absolute Gasteiger partial charge is 0.477 e. The van der Waals surface area contributed by atoms with E-state index in [0.717, 1.165) is 42.4 Å². The zero-order valence-electron chi connectivity index (χ0n) is 22.4. The lowest BCUT2D eigenvalue weighted by molar-refractivity contribution is -0.140. The number of carbonyl (C=O) groups excluding carboxylic acids is 1. The maximum atomic E-state index is 13.4. The Morgan fingerprint density at radius 3 is 2.62 bits per heavy atom. The molecule has 2 amide bonds.